The number of likely N-dealkylation sites (N-methyl/N-ethyl adjacent to an activating group) is 1. The third-order valence-electron chi connectivity index (χ3n) is 3.65. The highest BCUT2D eigenvalue weighted by Gasteiger charge is 2.14. The number of hydrogen-bond acceptors (Lipinski definition) is 4. The maximum Gasteiger partial charge on any atom is 0.261 e. The average Bonchev–Trinajstić information content (AvgIpc) is 2.91. The van der Waals surface area contributed by atoms with E-state index in [1.54, 1.807) is 12.1 Å². The van der Waals surface area contributed by atoms with Crippen LogP contribution in [0.25, 0.3) is 0 Å². The first kappa shape index (κ1) is 15.8. The van der Waals surface area contributed by atoms with E-state index in [-0.39, 0.29) is 5.91 Å². The zero-order valence-corrected chi connectivity index (χ0v) is 13.5. The predicted octanol–water partition coefficient (Wildman–Crippen LogP) is 2.16. The van der Waals surface area contributed by atoms with Gasteiger partial charge in [-0.2, -0.15) is 0 Å². The number of halogens is 1. The SMILES string of the molecule is CCN1CCN(CCCNC(=O)c2ccc(Cl)s2)CC1. The Morgan fingerprint density at radius 3 is 2.60 bits per heavy atom. The Labute approximate surface area is 129 Å². The number of nitrogens with zero attached hydrogens (tertiary/aromatic N) is 2. The van der Waals surface area contributed by atoms with E-state index < -0.39 is 0 Å². The first-order chi connectivity index (χ1) is 9.69. The Hall–Kier alpha value is -0.620. The molecule has 0 atom stereocenters. The molecule has 1 fully saturated rings. The van der Waals surface area contributed by atoms with Gasteiger partial charge in [0.05, 0.1) is 9.21 Å². The molecule has 4 nitrogen and oxygen atoms in total. The van der Waals surface area contributed by atoms with E-state index in [0.29, 0.717) is 9.21 Å². The summed E-state index contributed by atoms with van der Waals surface area (Å²) in [6, 6.07) is 3.53. The van der Waals surface area contributed by atoms with Gasteiger partial charge in [-0.3, -0.25) is 4.79 Å². The van der Waals surface area contributed by atoms with Crippen LogP contribution in [-0.4, -0.2) is 61.5 Å². The van der Waals surface area contributed by atoms with Crippen molar-refractivity contribution in [2.75, 3.05) is 45.8 Å². The summed E-state index contributed by atoms with van der Waals surface area (Å²) in [5.74, 6) is -0.0160. The van der Waals surface area contributed by atoms with E-state index in [1.807, 2.05) is 0 Å². The summed E-state index contributed by atoms with van der Waals surface area (Å²) < 4.78 is 0.656. The number of hydrogen-bond donors (Lipinski definition) is 1. The summed E-state index contributed by atoms with van der Waals surface area (Å²) >= 11 is 7.14. The molecule has 0 bridgehead atoms. The molecule has 1 aromatic rings. The highest BCUT2D eigenvalue weighted by molar-refractivity contribution is 7.17. The normalized spacial score (nSPS) is 17.3. The molecule has 112 valence electrons. The second kappa shape index (κ2) is 7.98. The molecule has 1 aromatic heterocycles. The van der Waals surface area contributed by atoms with Gasteiger partial charge in [-0.05, 0) is 31.6 Å². The van der Waals surface area contributed by atoms with E-state index in [0.717, 1.165) is 52.2 Å². The molecule has 6 heteroatoms. The van der Waals surface area contributed by atoms with Crippen molar-refractivity contribution in [2.45, 2.75) is 13.3 Å². The van der Waals surface area contributed by atoms with Gasteiger partial charge in [-0.1, -0.05) is 18.5 Å². The lowest BCUT2D eigenvalue weighted by Crippen LogP contribution is -2.46. The molecule has 0 saturated carbocycles. The molecule has 0 aliphatic carbocycles. The summed E-state index contributed by atoms with van der Waals surface area (Å²) in [4.78, 5) is 17.4. The van der Waals surface area contributed by atoms with E-state index in [1.165, 1.54) is 11.3 Å². The number of carbonyl (C=O) groups is 1. The Balaban J connectivity index is 1.59. The van der Waals surface area contributed by atoms with Crippen molar-refractivity contribution in [3.63, 3.8) is 0 Å². The molecule has 2 rings (SSSR count). The smallest absolute Gasteiger partial charge is 0.261 e. The van der Waals surface area contributed by atoms with Crippen LogP contribution in [-0.2, 0) is 0 Å². The molecule has 2 heterocycles. The maximum atomic E-state index is 11.8. The number of thiophene rings is 1. The van der Waals surface area contributed by atoms with Crippen LogP contribution in [0.2, 0.25) is 4.34 Å². The summed E-state index contributed by atoms with van der Waals surface area (Å²) in [5, 5.41) is 2.95. The zero-order chi connectivity index (χ0) is 14.4. The van der Waals surface area contributed by atoms with Gasteiger partial charge in [0.2, 0.25) is 0 Å². The van der Waals surface area contributed by atoms with Crippen LogP contribution >= 0.6 is 22.9 Å². The van der Waals surface area contributed by atoms with Crippen LogP contribution in [0.15, 0.2) is 12.1 Å². The minimum Gasteiger partial charge on any atom is -0.351 e. The maximum absolute atomic E-state index is 11.8. The summed E-state index contributed by atoms with van der Waals surface area (Å²) in [7, 11) is 0. The minimum atomic E-state index is -0.0160. The van der Waals surface area contributed by atoms with Gasteiger partial charge < -0.3 is 15.1 Å². The standard InChI is InChI=1S/C14H22ClN3OS/c1-2-17-8-10-18(11-9-17)7-3-6-16-14(19)12-4-5-13(15)20-12/h4-5H,2-3,6-11H2,1H3,(H,16,19). The quantitative estimate of drug-likeness (QED) is 0.817. The van der Waals surface area contributed by atoms with Crippen molar-refractivity contribution in [3.8, 4) is 0 Å². The molecule has 1 amide bonds. The molecule has 20 heavy (non-hydrogen) atoms. The van der Waals surface area contributed by atoms with Crippen LogP contribution < -0.4 is 5.32 Å². The first-order valence-corrected chi connectivity index (χ1v) is 8.36. The third kappa shape index (κ3) is 4.74. The lowest BCUT2D eigenvalue weighted by Gasteiger charge is -2.33. The molecule has 1 saturated heterocycles. The van der Waals surface area contributed by atoms with Gasteiger partial charge in [0.25, 0.3) is 5.91 Å². The summed E-state index contributed by atoms with van der Waals surface area (Å²) in [6.45, 7) is 9.75. The Morgan fingerprint density at radius 1 is 1.30 bits per heavy atom. The Bertz CT molecular complexity index is 430. The van der Waals surface area contributed by atoms with Crippen molar-refractivity contribution in [2.24, 2.45) is 0 Å². The number of piperazine rings is 1. The number of carbonyl (C=O) groups excluding carboxylic acids is 1. The first-order valence-electron chi connectivity index (χ1n) is 7.17. The second-order valence-electron chi connectivity index (χ2n) is 4.99. The van der Waals surface area contributed by atoms with Crippen LogP contribution in [0, 0.1) is 0 Å². The molecular weight excluding hydrogens is 294 g/mol. The van der Waals surface area contributed by atoms with Crippen LogP contribution in [0.1, 0.15) is 23.0 Å². The van der Waals surface area contributed by atoms with Gasteiger partial charge in [0.1, 0.15) is 0 Å². The van der Waals surface area contributed by atoms with Crippen LogP contribution in [0.4, 0.5) is 0 Å². The molecule has 0 spiro atoms. The lowest BCUT2D eigenvalue weighted by molar-refractivity contribution is 0.0952. The Kier molecular flexibility index (Phi) is 6.29. The number of amides is 1. The largest absolute Gasteiger partial charge is 0.351 e. The van der Waals surface area contributed by atoms with Crippen molar-refractivity contribution in [3.05, 3.63) is 21.3 Å². The van der Waals surface area contributed by atoms with Crippen molar-refractivity contribution < 1.29 is 4.79 Å². The number of rotatable bonds is 6. The lowest BCUT2D eigenvalue weighted by atomic mass is 10.3. The zero-order valence-electron chi connectivity index (χ0n) is 11.9. The van der Waals surface area contributed by atoms with Gasteiger partial charge in [-0.15, -0.1) is 11.3 Å². The summed E-state index contributed by atoms with van der Waals surface area (Å²) in [6.07, 6.45) is 0.997. The fourth-order valence-electron chi connectivity index (χ4n) is 2.36. The molecule has 0 radical (unpaired) electrons. The molecule has 1 N–H and O–H groups in total. The van der Waals surface area contributed by atoms with Gasteiger partial charge in [0, 0.05) is 32.7 Å². The molecule has 0 aromatic carbocycles. The molecule has 1 aliphatic rings. The van der Waals surface area contributed by atoms with Crippen molar-refractivity contribution in [1.29, 1.82) is 0 Å². The fraction of sp³-hybridized carbons (Fsp3) is 0.643. The van der Waals surface area contributed by atoms with Crippen LogP contribution in [0.5, 0.6) is 0 Å². The molecule has 0 unspecified atom stereocenters. The van der Waals surface area contributed by atoms with E-state index in [2.05, 4.69) is 22.0 Å². The summed E-state index contributed by atoms with van der Waals surface area (Å²) in [5.41, 5.74) is 0. The van der Waals surface area contributed by atoms with E-state index in [9.17, 15) is 4.79 Å². The number of nitrogens with one attached hydrogen (secondary N) is 1. The van der Waals surface area contributed by atoms with E-state index >= 15 is 0 Å². The van der Waals surface area contributed by atoms with Crippen molar-refractivity contribution in [1.82, 2.24) is 15.1 Å². The third-order valence-corrected chi connectivity index (χ3v) is 4.88. The predicted molar refractivity (Wildman–Crippen MR) is 84.8 cm³/mol. The average molecular weight is 316 g/mol. The highest BCUT2D eigenvalue weighted by atomic mass is 35.5. The monoisotopic (exact) mass is 315 g/mol. The highest BCUT2D eigenvalue weighted by Crippen LogP contribution is 2.20. The minimum absolute atomic E-state index is 0.0160. The van der Waals surface area contributed by atoms with Gasteiger partial charge >= 0.3 is 0 Å². The Morgan fingerprint density at radius 2 is 2.00 bits per heavy atom. The molecular formula is C14H22ClN3OS. The topological polar surface area (TPSA) is 35.6 Å². The van der Waals surface area contributed by atoms with Crippen molar-refractivity contribution >= 4 is 28.8 Å². The van der Waals surface area contributed by atoms with Gasteiger partial charge in [0.15, 0.2) is 0 Å². The van der Waals surface area contributed by atoms with Gasteiger partial charge in [-0.25, -0.2) is 0 Å². The van der Waals surface area contributed by atoms with E-state index in [4.69, 9.17) is 11.6 Å². The van der Waals surface area contributed by atoms with Crippen LogP contribution in [0.3, 0.4) is 0 Å². The second-order valence-corrected chi connectivity index (χ2v) is 6.70. The molecule has 1 aliphatic heterocycles. The fourth-order valence-corrected chi connectivity index (χ4v) is 3.32.